The molecule has 2 atom stereocenters. The van der Waals surface area contributed by atoms with E-state index < -0.39 is 0 Å². The van der Waals surface area contributed by atoms with Crippen LogP contribution in [-0.2, 0) is 16.1 Å². The lowest BCUT2D eigenvalue weighted by Crippen LogP contribution is -2.53. The zero-order valence-corrected chi connectivity index (χ0v) is 14.2. The Bertz CT molecular complexity index is 593. The molecule has 0 N–H and O–H groups in total. The van der Waals surface area contributed by atoms with Crippen LogP contribution in [-0.4, -0.2) is 78.1 Å². The molecule has 2 saturated heterocycles. The molecular formula is C17H24N4O3. The van der Waals surface area contributed by atoms with E-state index >= 15 is 0 Å². The normalized spacial score (nSPS) is 24.3. The average Bonchev–Trinajstić information content (AvgIpc) is 2.74. The molecular weight excluding hydrogens is 308 g/mol. The van der Waals surface area contributed by atoms with Crippen molar-refractivity contribution in [2.75, 3.05) is 40.3 Å². The van der Waals surface area contributed by atoms with Crippen LogP contribution in [0.4, 0.5) is 4.79 Å². The topological polar surface area (TPSA) is 66.0 Å². The zero-order chi connectivity index (χ0) is 17.1. The Morgan fingerprint density at radius 2 is 2.25 bits per heavy atom. The number of fused-ring (bicyclic) bond motifs is 1. The van der Waals surface area contributed by atoms with Crippen molar-refractivity contribution in [3.05, 3.63) is 30.1 Å². The quantitative estimate of drug-likeness (QED) is 0.804. The van der Waals surface area contributed by atoms with E-state index in [-0.39, 0.29) is 24.0 Å². The van der Waals surface area contributed by atoms with E-state index in [9.17, 15) is 9.59 Å². The van der Waals surface area contributed by atoms with E-state index in [1.54, 1.807) is 36.3 Å². The molecule has 2 fully saturated rings. The van der Waals surface area contributed by atoms with Gasteiger partial charge in [0, 0.05) is 52.7 Å². The molecule has 7 nitrogen and oxygen atoms in total. The second-order valence-corrected chi connectivity index (χ2v) is 6.55. The van der Waals surface area contributed by atoms with Crippen LogP contribution in [0.15, 0.2) is 24.5 Å². The summed E-state index contributed by atoms with van der Waals surface area (Å²) in [4.78, 5) is 34.3. The second kappa shape index (κ2) is 7.17. The van der Waals surface area contributed by atoms with Crippen molar-refractivity contribution in [2.24, 2.45) is 5.92 Å². The van der Waals surface area contributed by atoms with Crippen LogP contribution in [0.3, 0.4) is 0 Å². The maximum atomic E-state index is 12.9. The van der Waals surface area contributed by atoms with E-state index in [0.717, 1.165) is 5.56 Å². The van der Waals surface area contributed by atoms with Crippen LogP contribution in [0, 0.1) is 5.92 Å². The van der Waals surface area contributed by atoms with E-state index in [1.807, 2.05) is 17.0 Å². The van der Waals surface area contributed by atoms with Gasteiger partial charge in [-0.05, 0) is 18.1 Å². The smallest absolute Gasteiger partial charge is 0.319 e. The van der Waals surface area contributed by atoms with Gasteiger partial charge in [0.2, 0.25) is 5.91 Å². The average molecular weight is 332 g/mol. The summed E-state index contributed by atoms with van der Waals surface area (Å²) in [6, 6.07) is 3.82. The first-order chi connectivity index (χ1) is 11.6. The van der Waals surface area contributed by atoms with Gasteiger partial charge in [0.05, 0.1) is 18.6 Å². The molecule has 0 spiro atoms. The van der Waals surface area contributed by atoms with Gasteiger partial charge in [-0.2, -0.15) is 0 Å². The first kappa shape index (κ1) is 16.7. The lowest BCUT2D eigenvalue weighted by atomic mass is 9.92. The minimum Gasteiger partial charge on any atom is -0.374 e. The third-order valence-electron chi connectivity index (χ3n) is 4.63. The van der Waals surface area contributed by atoms with Crippen molar-refractivity contribution >= 4 is 11.9 Å². The zero-order valence-electron chi connectivity index (χ0n) is 14.2. The fraction of sp³-hybridized carbons (Fsp3) is 0.588. The molecule has 2 aliphatic heterocycles. The van der Waals surface area contributed by atoms with E-state index in [2.05, 4.69) is 4.98 Å². The van der Waals surface area contributed by atoms with Crippen LogP contribution in [0.2, 0.25) is 0 Å². The number of hydrogen-bond acceptors (Lipinski definition) is 4. The number of hydrogen-bond donors (Lipinski definition) is 0. The SMILES string of the molecule is CN(C)C(=O)N1CC[C@H]2C(=O)N(Cc3cccnc3)CCO[C@H]2C1. The van der Waals surface area contributed by atoms with Gasteiger partial charge < -0.3 is 19.4 Å². The van der Waals surface area contributed by atoms with Crippen molar-refractivity contribution in [3.63, 3.8) is 0 Å². The number of nitrogens with zero attached hydrogens (tertiary/aromatic N) is 4. The van der Waals surface area contributed by atoms with Crippen LogP contribution >= 0.6 is 0 Å². The Morgan fingerprint density at radius 3 is 2.96 bits per heavy atom. The number of carbonyl (C=O) groups excluding carboxylic acids is 2. The third-order valence-corrected chi connectivity index (χ3v) is 4.63. The minimum absolute atomic E-state index is 0.0269. The van der Waals surface area contributed by atoms with Gasteiger partial charge in [0.15, 0.2) is 0 Å². The van der Waals surface area contributed by atoms with Gasteiger partial charge in [0.25, 0.3) is 0 Å². The Morgan fingerprint density at radius 1 is 1.42 bits per heavy atom. The Balaban J connectivity index is 1.67. The molecule has 0 aromatic carbocycles. The molecule has 3 amide bonds. The van der Waals surface area contributed by atoms with E-state index in [0.29, 0.717) is 39.2 Å². The molecule has 3 heterocycles. The number of aromatic nitrogens is 1. The minimum atomic E-state index is -0.214. The molecule has 0 radical (unpaired) electrons. The highest BCUT2D eigenvalue weighted by atomic mass is 16.5. The van der Waals surface area contributed by atoms with Crippen LogP contribution in [0.25, 0.3) is 0 Å². The molecule has 0 bridgehead atoms. The van der Waals surface area contributed by atoms with Crippen molar-refractivity contribution in [1.29, 1.82) is 0 Å². The first-order valence-electron chi connectivity index (χ1n) is 8.32. The number of urea groups is 1. The molecule has 3 rings (SSSR count). The molecule has 2 aliphatic rings. The summed E-state index contributed by atoms with van der Waals surface area (Å²) in [5.74, 6) is -0.0475. The van der Waals surface area contributed by atoms with Crippen LogP contribution in [0.1, 0.15) is 12.0 Å². The Kier molecular flexibility index (Phi) is 4.99. The monoisotopic (exact) mass is 332 g/mol. The van der Waals surface area contributed by atoms with Crippen molar-refractivity contribution in [3.8, 4) is 0 Å². The third kappa shape index (κ3) is 3.51. The molecule has 1 aromatic rings. The summed E-state index contributed by atoms with van der Waals surface area (Å²) in [6.45, 7) is 2.70. The summed E-state index contributed by atoms with van der Waals surface area (Å²) >= 11 is 0. The van der Waals surface area contributed by atoms with Crippen molar-refractivity contribution in [1.82, 2.24) is 19.7 Å². The standard InChI is InChI=1S/C17H24N4O3/c1-19(2)17(23)21-7-5-14-15(12-21)24-9-8-20(16(14)22)11-13-4-3-6-18-10-13/h3-4,6,10,14-15H,5,7-9,11-12H2,1-2H3/t14-,15+/m1/s1. The molecule has 24 heavy (non-hydrogen) atoms. The molecule has 0 aliphatic carbocycles. The highest BCUT2D eigenvalue weighted by molar-refractivity contribution is 5.80. The molecule has 7 heteroatoms. The first-order valence-corrected chi connectivity index (χ1v) is 8.32. The number of carbonyl (C=O) groups is 2. The number of rotatable bonds is 2. The summed E-state index contributed by atoms with van der Waals surface area (Å²) in [5.41, 5.74) is 1.02. The number of pyridine rings is 1. The molecule has 1 aromatic heterocycles. The van der Waals surface area contributed by atoms with Gasteiger partial charge in [-0.15, -0.1) is 0 Å². The van der Waals surface area contributed by atoms with Gasteiger partial charge in [-0.1, -0.05) is 6.07 Å². The number of piperidine rings is 1. The summed E-state index contributed by atoms with van der Waals surface area (Å²) < 4.78 is 5.91. The van der Waals surface area contributed by atoms with E-state index in [1.165, 1.54) is 0 Å². The highest BCUT2D eigenvalue weighted by Gasteiger charge is 2.40. The Labute approximate surface area is 142 Å². The van der Waals surface area contributed by atoms with Crippen LogP contribution in [0.5, 0.6) is 0 Å². The molecule has 0 unspecified atom stereocenters. The van der Waals surface area contributed by atoms with Crippen molar-refractivity contribution < 1.29 is 14.3 Å². The lowest BCUT2D eigenvalue weighted by Gasteiger charge is -2.38. The van der Waals surface area contributed by atoms with Gasteiger partial charge in [0.1, 0.15) is 0 Å². The molecule has 0 saturated carbocycles. The summed E-state index contributed by atoms with van der Waals surface area (Å²) in [5, 5.41) is 0. The fourth-order valence-corrected chi connectivity index (χ4v) is 3.35. The largest absolute Gasteiger partial charge is 0.374 e. The number of amides is 3. The second-order valence-electron chi connectivity index (χ2n) is 6.55. The van der Waals surface area contributed by atoms with Gasteiger partial charge in [-0.25, -0.2) is 4.79 Å². The maximum absolute atomic E-state index is 12.9. The summed E-state index contributed by atoms with van der Waals surface area (Å²) in [6.07, 6.45) is 3.94. The number of ether oxygens (including phenoxy) is 1. The predicted octanol–water partition coefficient (Wildman–Crippen LogP) is 0.812. The Hall–Kier alpha value is -2.15. The number of likely N-dealkylation sites (tertiary alicyclic amines) is 1. The van der Waals surface area contributed by atoms with Gasteiger partial charge >= 0.3 is 6.03 Å². The predicted molar refractivity (Wildman–Crippen MR) is 88.2 cm³/mol. The van der Waals surface area contributed by atoms with Crippen LogP contribution < -0.4 is 0 Å². The highest BCUT2D eigenvalue weighted by Crippen LogP contribution is 2.26. The summed E-state index contributed by atoms with van der Waals surface area (Å²) in [7, 11) is 3.48. The lowest BCUT2D eigenvalue weighted by molar-refractivity contribution is -0.139. The van der Waals surface area contributed by atoms with E-state index in [4.69, 9.17) is 4.74 Å². The van der Waals surface area contributed by atoms with Crippen molar-refractivity contribution in [2.45, 2.75) is 19.1 Å². The fourth-order valence-electron chi connectivity index (χ4n) is 3.35. The van der Waals surface area contributed by atoms with Gasteiger partial charge in [-0.3, -0.25) is 9.78 Å². The maximum Gasteiger partial charge on any atom is 0.319 e. The molecule has 130 valence electrons.